The number of aryl methyl sites for hydroxylation is 2. The van der Waals surface area contributed by atoms with Crippen LogP contribution in [0.4, 0.5) is 5.82 Å². The van der Waals surface area contributed by atoms with Gasteiger partial charge >= 0.3 is 0 Å². The molecule has 27 heavy (non-hydrogen) atoms. The Morgan fingerprint density at radius 1 is 1.22 bits per heavy atom. The number of rotatable bonds is 7. The summed E-state index contributed by atoms with van der Waals surface area (Å²) in [5.41, 5.74) is 5.25. The number of aromatic nitrogens is 3. The highest BCUT2D eigenvalue weighted by atomic mass is 32.2. The molecule has 2 N–H and O–H groups in total. The highest BCUT2D eigenvalue weighted by molar-refractivity contribution is 7.98. The van der Waals surface area contributed by atoms with Crippen molar-refractivity contribution in [2.24, 2.45) is 0 Å². The van der Waals surface area contributed by atoms with Crippen LogP contribution in [0.25, 0.3) is 20.4 Å². The fraction of sp³-hybridized carbons (Fsp3) is 0.550. The zero-order valence-corrected chi connectivity index (χ0v) is 17.8. The van der Waals surface area contributed by atoms with E-state index in [-0.39, 0.29) is 0 Å². The van der Waals surface area contributed by atoms with E-state index < -0.39 is 6.10 Å². The van der Waals surface area contributed by atoms with Crippen LogP contribution in [0, 0.1) is 0 Å². The monoisotopic (exact) mass is 402 g/mol. The molecule has 0 amide bonds. The Bertz CT molecular complexity index is 983. The van der Waals surface area contributed by atoms with Crippen molar-refractivity contribution in [2.75, 3.05) is 18.1 Å². The number of thiophene rings is 1. The summed E-state index contributed by atoms with van der Waals surface area (Å²) in [6, 6.07) is 0. The Balaban J connectivity index is 1.94. The first-order chi connectivity index (χ1) is 13.1. The quantitative estimate of drug-likeness (QED) is 0.445. The summed E-state index contributed by atoms with van der Waals surface area (Å²) in [6.07, 6.45) is 8.49. The third-order valence-electron chi connectivity index (χ3n) is 5.11. The number of nitrogens with one attached hydrogen (secondary N) is 1. The molecule has 1 unspecified atom stereocenters. The molecule has 3 aromatic heterocycles. The van der Waals surface area contributed by atoms with Crippen LogP contribution < -0.4 is 5.32 Å². The molecule has 0 spiro atoms. The van der Waals surface area contributed by atoms with Crippen molar-refractivity contribution in [1.29, 1.82) is 0 Å². The van der Waals surface area contributed by atoms with Crippen LogP contribution in [-0.4, -0.2) is 39.0 Å². The van der Waals surface area contributed by atoms with E-state index >= 15 is 0 Å². The van der Waals surface area contributed by atoms with Crippen LogP contribution in [-0.2, 0) is 19.3 Å². The standard InChI is InChI=1S/C20H26N4OS2/c1-4-5-9-14-12-7-6-8-13(12)15-16-17(27-19(15)22-14)18(21-10-11(2)25)24-20(23-16)26-3/h11,25H,4-10H2,1-3H3,(H,21,23,24). The average Bonchev–Trinajstić information content (AvgIpc) is 3.27. The summed E-state index contributed by atoms with van der Waals surface area (Å²) in [5, 5.41) is 15.0. The molecule has 0 radical (unpaired) electrons. The van der Waals surface area contributed by atoms with Crippen LogP contribution in [0.3, 0.4) is 0 Å². The largest absolute Gasteiger partial charge is 0.392 e. The van der Waals surface area contributed by atoms with Gasteiger partial charge in [0.05, 0.1) is 16.3 Å². The Morgan fingerprint density at radius 3 is 2.78 bits per heavy atom. The van der Waals surface area contributed by atoms with Gasteiger partial charge in [-0.15, -0.1) is 11.3 Å². The molecule has 0 bridgehead atoms. The molecular formula is C20H26N4OS2. The smallest absolute Gasteiger partial charge is 0.189 e. The fourth-order valence-electron chi connectivity index (χ4n) is 3.83. The van der Waals surface area contributed by atoms with Crippen molar-refractivity contribution in [2.45, 2.75) is 63.6 Å². The summed E-state index contributed by atoms with van der Waals surface area (Å²) >= 11 is 3.23. The average molecular weight is 403 g/mol. The van der Waals surface area contributed by atoms with Gasteiger partial charge in [-0.25, -0.2) is 15.0 Å². The number of nitrogens with zero attached hydrogens (tertiary/aromatic N) is 3. The number of aliphatic hydroxyl groups is 1. The molecule has 3 aromatic rings. The SMILES string of the molecule is CCCCc1nc2sc3c(NCC(C)O)nc(SC)nc3c2c2c1CCC2. The van der Waals surface area contributed by atoms with E-state index in [0.29, 0.717) is 6.54 Å². The Hall–Kier alpha value is -1.44. The van der Waals surface area contributed by atoms with E-state index in [9.17, 15) is 5.11 Å². The number of thioether (sulfide) groups is 1. The van der Waals surface area contributed by atoms with Crippen LogP contribution in [0.2, 0.25) is 0 Å². The van der Waals surface area contributed by atoms with Crippen LogP contribution >= 0.6 is 23.1 Å². The normalized spacial score (nSPS) is 14.8. The van der Waals surface area contributed by atoms with Gasteiger partial charge in [0.2, 0.25) is 0 Å². The third kappa shape index (κ3) is 3.52. The van der Waals surface area contributed by atoms with Gasteiger partial charge < -0.3 is 10.4 Å². The minimum absolute atomic E-state index is 0.426. The third-order valence-corrected chi connectivity index (χ3v) is 6.74. The number of unbranched alkanes of at least 4 members (excludes halogenated alkanes) is 1. The number of hydrogen-bond donors (Lipinski definition) is 2. The van der Waals surface area contributed by atoms with Gasteiger partial charge in [-0.1, -0.05) is 25.1 Å². The minimum atomic E-state index is -0.426. The van der Waals surface area contributed by atoms with Crippen molar-refractivity contribution >= 4 is 49.3 Å². The molecule has 1 aliphatic carbocycles. The van der Waals surface area contributed by atoms with Gasteiger partial charge in [-0.2, -0.15) is 0 Å². The van der Waals surface area contributed by atoms with Crippen LogP contribution in [0.15, 0.2) is 5.16 Å². The topological polar surface area (TPSA) is 70.9 Å². The zero-order valence-electron chi connectivity index (χ0n) is 16.1. The van der Waals surface area contributed by atoms with Crippen molar-refractivity contribution in [1.82, 2.24) is 15.0 Å². The molecule has 0 saturated carbocycles. The molecule has 1 atom stereocenters. The molecule has 0 aliphatic heterocycles. The first-order valence-electron chi connectivity index (χ1n) is 9.73. The number of hydrogen-bond acceptors (Lipinski definition) is 7. The first kappa shape index (κ1) is 18.9. The number of anilines is 1. The number of aliphatic hydroxyl groups excluding tert-OH is 1. The maximum atomic E-state index is 9.68. The minimum Gasteiger partial charge on any atom is -0.392 e. The lowest BCUT2D eigenvalue weighted by atomic mass is 10.0. The Labute approximate surface area is 168 Å². The van der Waals surface area contributed by atoms with E-state index in [1.807, 2.05) is 6.26 Å². The van der Waals surface area contributed by atoms with Crippen molar-refractivity contribution in [3.63, 3.8) is 0 Å². The summed E-state index contributed by atoms with van der Waals surface area (Å²) < 4.78 is 1.05. The van der Waals surface area contributed by atoms with Gasteiger partial charge in [-0.3, -0.25) is 0 Å². The molecule has 5 nitrogen and oxygen atoms in total. The van der Waals surface area contributed by atoms with Crippen LogP contribution in [0.1, 0.15) is 49.9 Å². The highest BCUT2D eigenvalue weighted by Gasteiger charge is 2.24. The predicted molar refractivity (Wildman–Crippen MR) is 115 cm³/mol. The van der Waals surface area contributed by atoms with Gasteiger partial charge in [0.25, 0.3) is 0 Å². The molecule has 7 heteroatoms. The van der Waals surface area contributed by atoms with E-state index in [2.05, 4.69) is 17.2 Å². The van der Waals surface area contributed by atoms with E-state index in [1.165, 1.54) is 41.5 Å². The second-order valence-electron chi connectivity index (χ2n) is 7.22. The molecular weight excluding hydrogens is 376 g/mol. The van der Waals surface area contributed by atoms with Gasteiger partial charge in [0, 0.05) is 17.6 Å². The maximum absolute atomic E-state index is 9.68. The second kappa shape index (κ2) is 7.89. The summed E-state index contributed by atoms with van der Waals surface area (Å²) in [6.45, 7) is 4.49. The molecule has 144 valence electrons. The number of fused-ring (bicyclic) bond motifs is 5. The molecule has 0 fully saturated rings. The first-order valence-corrected chi connectivity index (χ1v) is 11.8. The Morgan fingerprint density at radius 2 is 2.04 bits per heavy atom. The van der Waals surface area contributed by atoms with Gasteiger partial charge in [0.1, 0.15) is 10.6 Å². The fourth-order valence-corrected chi connectivity index (χ4v) is 5.33. The van der Waals surface area contributed by atoms with E-state index in [1.54, 1.807) is 30.0 Å². The highest BCUT2D eigenvalue weighted by Crippen LogP contribution is 2.42. The number of pyridine rings is 1. The molecule has 0 saturated heterocycles. The van der Waals surface area contributed by atoms with Crippen molar-refractivity contribution < 1.29 is 5.11 Å². The van der Waals surface area contributed by atoms with Gasteiger partial charge in [0.15, 0.2) is 5.16 Å². The van der Waals surface area contributed by atoms with Gasteiger partial charge in [-0.05, 0) is 56.4 Å². The predicted octanol–water partition coefficient (Wildman–Crippen LogP) is 4.59. The van der Waals surface area contributed by atoms with Crippen molar-refractivity contribution in [3.8, 4) is 0 Å². The zero-order chi connectivity index (χ0) is 19.0. The van der Waals surface area contributed by atoms with E-state index in [0.717, 1.165) is 45.3 Å². The molecule has 1 aliphatic rings. The molecule has 0 aromatic carbocycles. The van der Waals surface area contributed by atoms with Crippen molar-refractivity contribution in [3.05, 3.63) is 16.8 Å². The van der Waals surface area contributed by atoms with Crippen LogP contribution in [0.5, 0.6) is 0 Å². The lowest BCUT2D eigenvalue weighted by molar-refractivity contribution is 0.208. The lowest BCUT2D eigenvalue weighted by Crippen LogP contribution is -2.16. The molecule has 4 rings (SSSR count). The summed E-state index contributed by atoms with van der Waals surface area (Å²) in [7, 11) is 0. The Kier molecular flexibility index (Phi) is 5.53. The maximum Gasteiger partial charge on any atom is 0.189 e. The second-order valence-corrected chi connectivity index (χ2v) is 8.99. The lowest BCUT2D eigenvalue weighted by Gasteiger charge is -2.10. The van der Waals surface area contributed by atoms with E-state index in [4.69, 9.17) is 9.97 Å². The summed E-state index contributed by atoms with van der Waals surface area (Å²) in [4.78, 5) is 15.7. The summed E-state index contributed by atoms with van der Waals surface area (Å²) in [5.74, 6) is 0.815. The molecule has 3 heterocycles.